The van der Waals surface area contributed by atoms with Gasteiger partial charge in [0.2, 0.25) is 0 Å². The first-order valence-corrected chi connectivity index (χ1v) is 0. The van der Waals surface area contributed by atoms with Gasteiger partial charge in [-0.05, 0) is 0 Å². The van der Waals surface area contributed by atoms with E-state index < -0.39 is 0 Å². The van der Waals surface area contributed by atoms with Crippen LogP contribution in [0.2, 0.25) is 0 Å². The topological polar surface area (TPSA) is 0 Å². The molecule has 42 valence electrons. The van der Waals surface area contributed by atoms with Crippen LogP contribution >= 0.6 is 0 Å². The van der Waals surface area contributed by atoms with Crippen molar-refractivity contribution in [3.8, 4) is 0 Å². The van der Waals surface area contributed by atoms with Gasteiger partial charge in [-0.2, -0.15) is 0 Å². The minimum absolute atomic E-state index is 0. The zero-order valence-corrected chi connectivity index (χ0v) is 11.9. The SMILES string of the molecule is [BiH3].[Co].[Fe].[Mn].[Ni]. The van der Waals surface area contributed by atoms with Crippen molar-refractivity contribution in [1.82, 2.24) is 0 Å². The Labute approximate surface area is 92.2 Å². The molecule has 0 fully saturated rings. The Balaban J connectivity index is 0. The van der Waals surface area contributed by atoms with Gasteiger partial charge in [0, 0.05) is 67.4 Å². The minimum atomic E-state index is 0. The van der Waals surface area contributed by atoms with E-state index in [2.05, 4.69) is 0 Å². The van der Waals surface area contributed by atoms with Gasteiger partial charge in [0.25, 0.3) is 0 Å². The fourth-order valence-corrected chi connectivity index (χ4v) is 0. The molecule has 5 heavy (non-hydrogen) atoms. The van der Waals surface area contributed by atoms with E-state index in [9.17, 15) is 0 Å². The van der Waals surface area contributed by atoms with E-state index in [1.807, 2.05) is 0 Å². The van der Waals surface area contributed by atoms with Crippen LogP contribution in [0.4, 0.5) is 0 Å². The zero-order chi connectivity index (χ0) is 0. The molecular formula is H3BiCoFeMnNi. The molecule has 0 aliphatic rings. The fraction of sp³-hybridized carbons (Fsp3) is 0. The smallest absolute Gasteiger partial charge is 0 e. The summed E-state index contributed by atoms with van der Waals surface area (Å²) >= 11 is 0. The van der Waals surface area contributed by atoms with E-state index in [-0.39, 0.29) is 93.6 Å². The molecule has 0 aromatic carbocycles. The van der Waals surface area contributed by atoms with Crippen LogP contribution in [0.25, 0.3) is 0 Å². The molecule has 0 saturated heterocycles. The molecular weight excluding hydrogens is 437 g/mol. The summed E-state index contributed by atoms with van der Waals surface area (Å²) in [4.78, 5) is 0. The summed E-state index contributed by atoms with van der Waals surface area (Å²) in [6.45, 7) is 0. The summed E-state index contributed by atoms with van der Waals surface area (Å²) in [5, 5.41) is 0. The molecule has 2 radical (unpaired) electrons. The molecule has 0 aromatic heterocycles. The van der Waals surface area contributed by atoms with Gasteiger partial charge in [0.15, 0.2) is 0 Å². The third-order valence-corrected chi connectivity index (χ3v) is 0. The van der Waals surface area contributed by atoms with E-state index in [0.717, 1.165) is 0 Å². The average molecular weight is 440 g/mol. The van der Waals surface area contributed by atoms with Crippen molar-refractivity contribution in [2.45, 2.75) is 0 Å². The summed E-state index contributed by atoms with van der Waals surface area (Å²) < 4.78 is 0. The molecule has 0 bridgehead atoms. The van der Waals surface area contributed by atoms with Crippen LogP contribution in [-0.4, -0.2) is 26.2 Å². The van der Waals surface area contributed by atoms with Crippen LogP contribution in [0.5, 0.6) is 0 Å². The van der Waals surface area contributed by atoms with Crippen LogP contribution in [-0.2, 0) is 67.4 Å². The van der Waals surface area contributed by atoms with Crippen molar-refractivity contribution in [3.63, 3.8) is 0 Å². The van der Waals surface area contributed by atoms with Crippen molar-refractivity contribution >= 4 is 26.2 Å². The Morgan fingerprint density at radius 2 is 1.00 bits per heavy atom. The summed E-state index contributed by atoms with van der Waals surface area (Å²) in [6.07, 6.45) is 0. The molecule has 0 nitrogen and oxygen atoms in total. The average Bonchev–Trinajstić information content (AvgIpc) is 0. The van der Waals surface area contributed by atoms with E-state index in [1.165, 1.54) is 0 Å². The van der Waals surface area contributed by atoms with Crippen LogP contribution in [0, 0.1) is 0 Å². The Bertz CT molecular complexity index is 11.6. The Morgan fingerprint density at radius 3 is 1.00 bits per heavy atom. The third kappa shape index (κ3) is 19.6. The molecule has 0 unspecified atom stereocenters. The predicted octanol–water partition coefficient (Wildman–Crippen LogP) is -1.19. The Kier molecular flexibility index (Phi) is 253. The summed E-state index contributed by atoms with van der Waals surface area (Å²) in [7, 11) is 0. The molecule has 0 N–H and O–H groups in total. The van der Waals surface area contributed by atoms with E-state index in [1.54, 1.807) is 0 Å². The van der Waals surface area contributed by atoms with Crippen molar-refractivity contribution in [1.29, 1.82) is 0 Å². The molecule has 0 spiro atoms. The summed E-state index contributed by atoms with van der Waals surface area (Å²) in [6, 6.07) is 0. The van der Waals surface area contributed by atoms with Crippen molar-refractivity contribution < 1.29 is 67.4 Å². The van der Waals surface area contributed by atoms with Gasteiger partial charge in [-0.15, -0.1) is 0 Å². The standard InChI is InChI=1S/Bi.Co.Fe.Mn.Ni.3H. The minimum Gasteiger partial charge on any atom is 0 e. The first-order chi connectivity index (χ1) is 0. The molecule has 0 amide bonds. The predicted molar refractivity (Wildman–Crippen MR) is 9.94 cm³/mol. The van der Waals surface area contributed by atoms with Gasteiger partial charge in [0.1, 0.15) is 0 Å². The second kappa shape index (κ2) is 28.4. The maximum atomic E-state index is 0. The molecule has 0 aromatic rings. The molecule has 0 rings (SSSR count). The van der Waals surface area contributed by atoms with E-state index in [0.29, 0.717) is 0 Å². The van der Waals surface area contributed by atoms with Crippen molar-refractivity contribution in [3.05, 3.63) is 0 Å². The molecule has 0 saturated carbocycles. The van der Waals surface area contributed by atoms with Gasteiger partial charge in [-0.25, -0.2) is 0 Å². The maximum Gasteiger partial charge on any atom is 0 e. The second-order valence-corrected chi connectivity index (χ2v) is 0. The van der Waals surface area contributed by atoms with Crippen LogP contribution in [0.3, 0.4) is 0 Å². The molecule has 0 heterocycles. The van der Waals surface area contributed by atoms with E-state index in [4.69, 9.17) is 0 Å². The van der Waals surface area contributed by atoms with Crippen LogP contribution in [0.1, 0.15) is 0 Å². The quantitative estimate of drug-likeness (QED) is 0.416. The first-order valence-electron chi connectivity index (χ1n) is 0. The fourth-order valence-electron chi connectivity index (χ4n) is 0. The van der Waals surface area contributed by atoms with Crippen molar-refractivity contribution in [2.75, 3.05) is 0 Å². The first kappa shape index (κ1) is 44.5. The van der Waals surface area contributed by atoms with Gasteiger partial charge >= 0.3 is 26.2 Å². The third-order valence-electron chi connectivity index (χ3n) is 0. The Morgan fingerprint density at radius 1 is 1.00 bits per heavy atom. The Hall–Kier alpha value is 2.92. The van der Waals surface area contributed by atoms with Crippen LogP contribution in [0.15, 0.2) is 0 Å². The second-order valence-electron chi connectivity index (χ2n) is 0. The van der Waals surface area contributed by atoms with Crippen LogP contribution < -0.4 is 0 Å². The zero-order valence-electron chi connectivity index (χ0n) is 2.09. The summed E-state index contributed by atoms with van der Waals surface area (Å²) in [5.74, 6) is 0. The van der Waals surface area contributed by atoms with Gasteiger partial charge in [-0.1, -0.05) is 0 Å². The monoisotopic (exact) mass is 440 g/mol. The number of hydrogen-bond acceptors (Lipinski definition) is 0. The largest absolute Gasteiger partial charge is 0 e. The molecule has 0 aliphatic carbocycles. The number of rotatable bonds is 0. The van der Waals surface area contributed by atoms with Gasteiger partial charge in [-0.3, -0.25) is 0 Å². The van der Waals surface area contributed by atoms with Gasteiger partial charge in [0.05, 0.1) is 0 Å². The van der Waals surface area contributed by atoms with Crippen molar-refractivity contribution in [2.24, 2.45) is 0 Å². The number of hydrogen-bond donors (Lipinski definition) is 0. The van der Waals surface area contributed by atoms with Gasteiger partial charge < -0.3 is 0 Å². The molecule has 0 aliphatic heterocycles. The molecule has 0 atom stereocenters. The van der Waals surface area contributed by atoms with E-state index >= 15 is 0 Å². The summed E-state index contributed by atoms with van der Waals surface area (Å²) in [5.41, 5.74) is 0. The maximum absolute atomic E-state index is 0. The normalized spacial score (nSPS) is 0. The molecule has 5 heteroatoms.